The van der Waals surface area contributed by atoms with Crippen molar-refractivity contribution in [2.24, 2.45) is 7.05 Å². The van der Waals surface area contributed by atoms with E-state index in [0.717, 1.165) is 49.6 Å². The van der Waals surface area contributed by atoms with Gasteiger partial charge in [-0.2, -0.15) is 9.78 Å². The molecule has 5 heteroatoms. The van der Waals surface area contributed by atoms with Crippen molar-refractivity contribution in [2.75, 3.05) is 0 Å². The third-order valence-corrected chi connectivity index (χ3v) is 4.00. The molecule has 0 fully saturated rings. The Morgan fingerprint density at radius 1 is 1.00 bits per heavy atom. The van der Waals surface area contributed by atoms with Crippen LogP contribution in [0.25, 0.3) is 5.82 Å². The normalized spacial score (nSPS) is 11.0. The highest BCUT2D eigenvalue weighted by molar-refractivity contribution is 5.21. The molecule has 23 heavy (non-hydrogen) atoms. The molecular weight excluding hydrogens is 286 g/mol. The summed E-state index contributed by atoms with van der Waals surface area (Å²) in [6.07, 6.45) is 6.95. The van der Waals surface area contributed by atoms with E-state index in [0.29, 0.717) is 0 Å². The van der Waals surface area contributed by atoms with Crippen LogP contribution in [0.4, 0.5) is 0 Å². The largest absolute Gasteiger partial charge is 0.251 e. The van der Waals surface area contributed by atoms with Gasteiger partial charge in [-0.25, -0.2) is 4.98 Å². The van der Waals surface area contributed by atoms with E-state index in [1.165, 1.54) is 5.56 Å². The van der Waals surface area contributed by atoms with Gasteiger partial charge in [-0.05, 0) is 24.8 Å². The summed E-state index contributed by atoms with van der Waals surface area (Å²) in [5.41, 5.74) is 1.40. The van der Waals surface area contributed by atoms with Crippen LogP contribution in [0.15, 0.2) is 42.6 Å². The highest BCUT2D eigenvalue weighted by Gasteiger charge is 2.12. The molecule has 0 saturated heterocycles. The molecule has 0 aliphatic carbocycles. The molecule has 1 aromatic carbocycles. The average molecular weight is 309 g/mol. The van der Waals surface area contributed by atoms with Crippen LogP contribution in [0, 0.1) is 0 Å². The molecule has 2 aromatic heterocycles. The Balaban J connectivity index is 1.65. The minimum Gasteiger partial charge on any atom is -0.251 e. The maximum Gasteiger partial charge on any atom is 0.153 e. The monoisotopic (exact) mass is 309 g/mol. The number of unbranched alkanes of at least 4 members (excludes halogenated alkanes) is 1. The first-order valence-corrected chi connectivity index (χ1v) is 8.25. The van der Waals surface area contributed by atoms with E-state index < -0.39 is 0 Å². The first-order valence-electron chi connectivity index (χ1n) is 8.25. The van der Waals surface area contributed by atoms with Crippen LogP contribution < -0.4 is 0 Å². The van der Waals surface area contributed by atoms with Gasteiger partial charge in [0, 0.05) is 26.0 Å². The van der Waals surface area contributed by atoms with Crippen molar-refractivity contribution in [3.05, 3.63) is 59.8 Å². The highest BCUT2D eigenvalue weighted by Crippen LogP contribution is 2.13. The van der Waals surface area contributed by atoms with Gasteiger partial charge in [0.2, 0.25) is 0 Å². The Hall–Kier alpha value is -2.43. The molecule has 0 atom stereocenters. The van der Waals surface area contributed by atoms with Crippen molar-refractivity contribution < 1.29 is 0 Å². The quantitative estimate of drug-likeness (QED) is 0.630. The van der Waals surface area contributed by atoms with Crippen LogP contribution in [-0.2, 0) is 26.3 Å². The van der Waals surface area contributed by atoms with E-state index in [1.807, 2.05) is 22.5 Å². The predicted molar refractivity (Wildman–Crippen MR) is 90.6 cm³/mol. The number of aromatic nitrogens is 5. The highest BCUT2D eigenvalue weighted by atomic mass is 15.4. The molecular formula is C18H23N5. The van der Waals surface area contributed by atoms with Gasteiger partial charge in [-0.1, -0.05) is 37.3 Å². The summed E-state index contributed by atoms with van der Waals surface area (Å²) in [5, 5.41) is 8.85. The second-order valence-electron chi connectivity index (χ2n) is 5.72. The number of nitrogens with zero attached hydrogens (tertiary/aromatic N) is 5. The topological polar surface area (TPSA) is 48.5 Å². The zero-order valence-corrected chi connectivity index (χ0v) is 13.8. The Morgan fingerprint density at radius 3 is 2.48 bits per heavy atom. The van der Waals surface area contributed by atoms with Gasteiger partial charge in [0.15, 0.2) is 11.6 Å². The summed E-state index contributed by atoms with van der Waals surface area (Å²) in [7, 11) is 1.93. The minimum atomic E-state index is 0.849. The Labute approximate surface area is 137 Å². The molecule has 0 aliphatic rings. The van der Waals surface area contributed by atoms with Gasteiger partial charge in [0.05, 0.1) is 6.20 Å². The van der Waals surface area contributed by atoms with Crippen molar-refractivity contribution in [3.63, 3.8) is 0 Å². The second-order valence-corrected chi connectivity index (χ2v) is 5.72. The standard InChI is InChI=1S/C18H23N5/c1-3-16-20-17(23(21-16)18-13-14-19-22(18)2)12-8-7-11-15-9-5-4-6-10-15/h4-6,9-10,13-14H,3,7-8,11-12H2,1-2H3. The van der Waals surface area contributed by atoms with Gasteiger partial charge < -0.3 is 0 Å². The maximum absolute atomic E-state index is 4.68. The van der Waals surface area contributed by atoms with E-state index in [4.69, 9.17) is 0 Å². The molecule has 3 rings (SSSR count). The molecule has 2 heterocycles. The zero-order chi connectivity index (χ0) is 16.1. The lowest BCUT2D eigenvalue weighted by Crippen LogP contribution is -2.08. The van der Waals surface area contributed by atoms with Crippen LogP contribution >= 0.6 is 0 Å². The molecule has 120 valence electrons. The zero-order valence-electron chi connectivity index (χ0n) is 13.8. The summed E-state index contributed by atoms with van der Waals surface area (Å²) >= 11 is 0. The Bertz CT molecular complexity index is 742. The van der Waals surface area contributed by atoms with Crippen LogP contribution in [0.2, 0.25) is 0 Å². The molecule has 0 unspecified atom stereocenters. The minimum absolute atomic E-state index is 0.849. The average Bonchev–Trinajstić information content (AvgIpc) is 3.18. The van der Waals surface area contributed by atoms with E-state index in [1.54, 1.807) is 6.20 Å². The number of rotatable bonds is 7. The Kier molecular flexibility index (Phi) is 4.86. The van der Waals surface area contributed by atoms with E-state index in [2.05, 4.69) is 52.4 Å². The number of hydrogen-bond donors (Lipinski definition) is 0. The van der Waals surface area contributed by atoms with Crippen molar-refractivity contribution in [3.8, 4) is 5.82 Å². The van der Waals surface area contributed by atoms with Gasteiger partial charge >= 0.3 is 0 Å². The van der Waals surface area contributed by atoms with Gasteiger partial charge in [-0.3, -0.25) is 4.68 Å². The van der Waals surface area contributed by atoms with Crippen molar-refractivity contribution in [1.29, 1.82) is 0 Å². The fourth-order valence-corrected chi connectivity index (χ4v) is 2.72. The number of hydrogen-bond acceptors (Lipinski definition) is 3. The molecule has 0 spiro atoms. The fraction of sp³-hybridized carbons (Fsp3) is 0.389. The second kappa shape index (κ2) is 7.22. The summed E-state index contributed by atoms with van der Waals surface area (Å²) in [6, 6.07) is 12.6. The SMILES string of the molecule is CCc1nc(CCCCc2ccccc2)n(-c2ccnn2C)n1. The first-order chi connectivity index (χ1) is 11.3. The van der Waals surface area contributed by atoms with Crippen molar-refractivity contribution >= 4 is 0 Å². The van der Waals surface area contributed by atoms with Crippen LogP contribution in [-0.4, -0.2) is 24.5 Å². The number of benzene rings is 1. The van der Waals surface area contributed by atoms with Crippen molar-refractivity contribution in [1.82, 2.24) is 24.5 Å². The third-order valence-electron chi connectivity index (χ3n) is 4.00. The summed E-state index contributed by atoms with van der Waals surface area (Å²) in [6.45, 7) is 2.09. The maximum atomic E-state index is 4.68. The Morgan fingerprint density at radius 2 is 1.78 bits per heavy atom. The van der Waals surface area contributed by atoms with E-state index >= 15 is 0 Å². The lowest BCUT2D eigenvalue weighted by atomic mass is 10.1. The van der Waals surface area contributed by atoms with E-state index in [-0.39, 0.29) is 0 Å². The molecule has 0 aliphatic heterocycles. The molecule has 3 aromatic rings. The molecule has 0 radical (unpaired) electrons. The van der Waals surface area contributed by atoms with Crippen LogP contribution in [0.1, 0.15) is 37.0 Å². The molecule has 5 nitrogen and oxygen atoms in total. The predicted octanol–water partition coefficient (Wildman–Crippen LogP) is 3.13. The summed E-state index contributed by atoms with van der Waals surface area (Å²) < 4.78 is 3.77. The smallest absolute Gasteiger partial charge is 0.153 e. The van der Waals surface area contributed by atoms with Gasteiger partial charge in [-0.15, -0.1) is 5.10 Å². The lowest BCUT2D eigenvalue weighted by molar-refractivity contribution is 0.645. The lowest BCUT2D eigenvalue weighted by Gasteiger charge is -2.06. The van der Waals surface area contributed by atoms with Crippen molar-refractivity contribution in [2.45, 2.75) is 39.0 Å². The molecule has 0 N–H and O–H groups in total. The van der Waals surface area contributed by atoms with Crippen LogP contribution in [0.3, 0.4) is 0 Å². The summed E-state index contributed by atoms with van der Waals surface area (Å²) in [5.74, 6) is 2.89. The first kappa shape index (κ1) is 15.5. The van der Waals surface area contributed by atoms with E-state index in [9.17, 15) is 0 Å². The fourth-order valence-electron chi connectivity index (χ4n) is 2.72. The molecule has 0 bridgehead atoms. The number of aryl methyl sites for hydroxylation is 4. The summed E-state index contributed by atoms with van der Waals surface area (Å²) in [4.78, 5) is 4.68. The molecule has 0 amide bonds. The van der Waals surface area contributed by atoms with Gasteiger partial charge in [0.25, 0.3) is 0 Å². The van der Waals surface area contributed by atoms with Crippen LogP contribution in [0.5, 0.6) is 0 Å². The van der Waals surface area contributed by atoms with Gasteiger partial charge in [0.1, 0.15) is 5.82 Å². The molecule has 0 saturated carbocycles. The third kappa shape index (κ3) is 3.67.